The van der Waals surface area contributed by atoms with Crippen LogP contribution in [0, 0.1) is 0 Å². The fourth-order valence-corrected chi connectivity index (χ4v) is 2.49. The van der Waals surface area contributed by atoms with Crippen molar-refractivity contribution in [3.63, 3.8) is 0 Å². The van der Waals surface area contributed by atoms with Crippen molar-refractivity contribution < 1.29 is 23.7 Å². The Morgan fingerprint density at radius 3 is 2.36 bits per heavy atom. The zero-order chi connectivity index (χ0) is 15.9. The number of phenolic OH excluding ortho intramolecular Hbond substituents is 1. The van der Waals surface area contributed by atoms with E-state index in [1.807, 2.05) is 0 Å². The van der Waals surface area contributed by atoms with Gasteiger partial charge in [-0.05, 0) is 12.1 Å². The third-order valence-corrected chi connectivity index (χ3v) is 3.48. The van der Waals surface area contributed by atoms with Crippen molar-refractivity contribution >= 4 is 21.9 Å². The number of benzene rings is 2. The molecule has 6 nitrogen and oxygen atoms in total. The average Bonchev–Trinajstić information content (AvgIpc) is 2.53. The van der Waals surface area contributed by atoms with Crippen molar-refractivity contribution in [3.8, 4) is 23.0 Å². The maximum absolute atomic E-state index is 12.8. The number of methoxy groups -OCH3 is 3. The zero-order valence-electron chi connectivity index (χ0n) is 12.3. The van der Waals surface area contributed by atoms with Gasteiger partial charge in [-0.1, -0.05) is 6.07 Å². The van der Waals surface area contributed by atoms with E-state index in [-0.39, 0.29) is 33.6 Å². The van der Waals surface area contributed by atoms with Crippen molar-refractivity contribution in [2.75, 3.05) is 21.3 Å². The third kappa shape index (κ3) is 1.84. The molecule has 1 aromatic heterocycles. The lowest BCUT2D eigenvalue weighted by molar-refractivity contribution is 0.351. The highest BCUT2D eigenvalue weighted by atomic mass is 16.5. The first-order chi connectivity index (χ1) is 10.6. The molecule has 0 aliphatic carbocycles. The van der Waals surface area contributed by atoms with Crippen LogP contribution in [0.2, 0.25) is 0 Å². The Bertz CT molecular complexity index is 925. The summed E-state index contributed by atoms with van der Waals surface area (Å²) in [5, 5.41) is 10.5. The van der Waals surface area contributed by atoms with Crippen molar-refractivity contribution in [2.45, 2.75) is 0 Å². The SMILES string of the molecule is COc1cc(O)c2c(=O)c3c(OC)cccc3oc2c1OC. The number of aromatic hydroxyl groups is 1. The maximum Gasteiger partial charge on any atom is 0.208 e. The van der Waals surface area contributed by atoms with Crippen LogP contribution >= 0.6 is 0 Å². The van der Waals surface area contributed by atoms with Crippen LogP contribution in [0.4, 0.5) is 0 Å². The molecule has 0 saturated carbocycles. The van der Waals surface area contributed by atoms with Crippen molar-refractivity contribution in [2.24, 2.45) is 0 Å². The summed E-state index contributed by atoms with van der Waals surface area (Å²) in [7, 11) is 4.34. The molecule has 3 rings (SSSR count). The first-order valence-electron chi connectivity index (χ1n) is 6.49. The first kappa shape index (κ1) is 14.1. The Hall–Kier alpha value is -2.89. The highest BCUT2D eigenvalue weighted by Gasteiger charge is 2.21. The lowest BCUT2D eigenvalue weighted by atomic mass is 10.1. The molecule has 0 atom stereocenters. The molecule has 0 amide bonds. The second kappa shape index (κ2) is 5.14. The van der Waals surface area contributed by atoms with Gasteiger partial charge in [-0.3, -0.25) is 4.79 Å². The van der Waals surface area contributed by atoms with Crippen LogP contribution in [0.3, 0.4) is 0 Å². The van der Waals surface area contributed by atoms with E-state index in [9.17, 15) is 9.90 Å². The van der Waals surface area contributed by atoms with Crippen molar-refractivity contribution in [3.05, 3.63) is 34.5 Å². The zero-order valence-corrected chi connectivity index (χ0v) is 12.3. The van der Waals surface area contributed by atoms with Gasteiger partial charge in [0.1, 0.15) is 27.9 Å². The van der Waals surface area contributed by atoms with E-state index in [1.165, 1.54) is 27.4 Å². The van der Waals surface area contributed by atoms with Gasteiger partial charge in [0.15, 0.2) is 11.3 Å². The summed E-state index contributed by atoms with van der Waals surface area (Å²) in [6.07, 6.45) is 0. The minimum absolute atomic E-state index is 0.0228. The van der Waals surface area contributed by atoms with Crippen LogP contribution in [0.5, 0.6) is 23.0 Å². The third-order valence-electron chi connectivity index (χ3n) is 3.48. The Morgan fingerprint density at radius 1 is 1.00 bits per heavy atom. The molecule has 0 saturated heterocycles. The summed E-state index contributed by atoms with van der Waals surface area (Å²) in [6.45, 7) is 0. The number of hydrogen-bond acceptors (Lipinski definition) is 6. The average molecular weight is 302 g/mol. The molecule has 0 spiro atoms. The Balaban J connectivity index is 2.59. The van der Waals surface area contributed by atoms with E-state index in [0.29, 0.717) is 11.3 Å². The first-order valence-corrected chi connectivity index (χ1v) is 6.49. The molecule has 22 heavy (non-hydrogen) atoms. The van der Waals surface area contributed by atoms with E-state index in [1.54, 1.807) is 18.2 Å². The summed E-state index contributed by atoms with van der Waals surface area (Å²) in [5.74, 6) is 0.659. The summed E-state index contributed by atoms with van der Waals surface area (Å²) >= 11 is 0. The minimum atomic E-state index is -0.396. The number of rotatable bonds is 3. The monoisotopic (exact) mass is 302 g/mol. The lowest BCUT2D eigenvalue weighted by Crippen LogP contribution is -2.05. The normalized spacial score (nSPS) is 10.9. The van der Waals surface area contributed by atoms with Gasteiger partial charge in [0.05, 0.1) is 21.3 Å². The standard InChI is InChI=1S/C16H14O6/c1-19-9-5-4-6-10-13(9)14(18)12-8(17)7-11(20-2)15(21-3)16(12)22-10/h4-7,17H,1-3H3. The van der Waals surface area contributed by atoms with E-state index in [0.717, 1.165) is 0 Å². The quantitative estimate of drug-likeness (QED) is 0.749. The van der Waals surface area contributed by atoms with Crippen LogP contribution in [-0.4, -0.2) is 26.4 Å². The molecule has 0 unspecified atom stereocenters. The fraction of sp³-hybridized carbons (Fsp3) is 0.188. The van der Waals surface area contributed by atoms with Crippen LogP contribution in [0.25, 0.3) is 21.9 Å². The molecule has 0 aliphatic rings. The number of phenols is 1. The van der Waals surface area contributed by atoms with Gasteiger partial charge < -0.3 is 23.7 Å². The van der Waals surface area contributed by atoms with Gasteiger partial charge in [0, 0.05) is 6.07 Å². The number of ether oxygens (including phenoxy) is 3. The van der Waals surface area contributed by atoms with Gasteiger partial charge in [-0.15, -0.1) is 0 Å². The van der Waals surface area contributed by atoms with Gasteiger partial charge >= 0.3 is 0 Å². The van der Waals surface area contributed by atoms with Crippen LogP contribution in [0.15, 0.2) is 33.5 Å². The highest BCUT2D eigenvalue weighted by Crippen LogP contribution is 2.41. The van der Waals surface area contributed by atoms with Crippen molar-refractivity contribution in [1.29, 1.82) is 0 Å². The molecular formula is C16H14O6. The minimum Gasteiger partial charge on any atom is -0.507 e. The molecule has 0 aliphatic heterocycles. The lowest BCUT2D eigenvalue weighted by Gasteiger charge is -2.12. The van der Waals surface area contributed by atoms with Crippen molar-refractivity contribution in [1.82, 2.24) is 0 Å². The van der Waals surface area contributed by atoms with Gasteiger partial charge in [-0.2, -0.15) is 0 Å². The van der Waals surface area contributed by atoms with E-state index in [2.05, 4.69) is 0 Å². The Morgan fingerprint density at radius 2 is 1.73 bits per heavy atom. The van der Waals surface area contributed by atoms with E-state index in [4.69, 9.17) is 18.6 Å². The smallest absolute Gasteiger partial charge is 0.208 e. The fourth-order valence-electron chi connectivity index (χ4n) is 2.49. The van der Waals surface area contributed by atoms with Crippen LogP contribution in [0.1, 0.15) is 0 Å². The molecule has 3 aromatic rings. The predicted molar refractivity (Wildman–Crippen MR) is 81.3 cm³/mol. The molecule has 0 bridgehead atoms. The second-order valence-corrected chi connectivity index (χ2v) is 4.60. The molecule has 0 radical (unpaired) electrons. The molecule has 2 aromatic carbocycles. The maximum atomic E-state index is 12.8. The van der Waals surface area contributed by atoms with Gasteiger partial charge in [0.2, 0.25) is 11.2 Å². The number of hydrogen-bond donors (Lipinski definition) is 1. The second-order valence-electron chi connectivity index (χ2n) is 4.60. The summed E-state index contributed by atoms with van der Waals surface area (Å²) in [5.41, 5.74) is 0.0695. The molecule has 1 N–H and O–H groups in total. The molecular weight excluding hydrogens is 288 g/mol. The van der Waals surface area contributed by atoms with Crippen LogP contribution in [-0.2, 0) is 0 Å². The molecule has 1 heterocycles. The molecule has 0 fully saturated rings. The van der Waals surface area contributed by atoms with Gasteiger partial charge in [-0.25, -0.2) is 0 Å². The van der Waals surface area contributed by atoms with E-state index >= 15 is 0 Å². The Kier molecular flexibility index (Phi) is 3.29. The summed E-state index contributed by atoms with van der Waals surface area (Å²) < 4.78 is 21.4. The van der Waals surface area contributed by atoms with E-state index < -0.39 is 5.43 Å². The van der Waals surface area contributed by atoms with Gasteiger partial charge in [0.25, 0.3) is 0 Å². The van der Waals surface area contributed by atoms with Crippen LogP contribution < -0.4 is 19.6 Å². The summed E-state index contributed by atoms with van der Waals surface area (Å²) in [6, 6.07) is 6.33. The highest BCUT2D eigenvalue weighted by molar-refractivity contribution is 5.99. The summed E-state index contributed by atoms with van der Waals surface area (Å²) in [4.78, 5) is 12.8. The predicted octanol–water partition coefficient (Wildman–Crippen LogP) is 2.68. The molecule has 6 heteroatoms. The topological polar surface area (TPSA) is 78.1 Å². The number of fused-ring (bicyclic) bond motifs is 2. The largest absolute Gasteiger partial charge is 0.507 e. The Labute approximate surface area is 125 Å². The molecule has 114 valence electrons.